The van der Waals surface area contributed by atoms with Crippen molar-refractivity contribution in [1.29, 1.82) is 0 Å². The van der Waals surface area contributed by atoms with Gasteiger partial charge in [0.1, 0.15) is 11.6 Å². The summed E-state index contributed by atoms with van der Waals surface area (Å²) in [4.78, 5) is 15.4. The molecule has 1 unspecified atom stereocenters. The number of nitrogens with zero attached hydrogens (tertiary/aromatic N) is 4. The fourth-order valence-corrected chi connectivity index (χ4v) is 2.83. The molecule has 0 aromatic carbocycles. The molecule has 1 atom stereocenters. The van der Waals surface area contributed by atoms with E-state index in [1.165, 1.54) is 12.8 Å². The van der Waals surface area contributed by atoms with E-state index in [2.05, 4.69) is 19.9 Å². The monoisotopic (exact) mass is 298 g/mol. The van der Waals surface area contributed by atoms with Crippen LogP contribution in [-0.2, 0) is 0 Å². The van der Waals surface area contributed by atoms with E-state index in [1.54, 1.807) is 0 Å². The predicted octanol–water partition coefficient (Wildman–Crippen LogP) is 2.78. The Bertz CT molecular complexity index is 632. The van der Waals surface area contributed by atoms with Crippen molar-refractivity contribution >= 4 is 5.82 Å². The van der Waals surface area contributed by atoms with E-state index < -0.39 is 0 Å². The third-order valence-electron chi connectivity index (χ3n) is 3.93. The lowest BCUT2D eigenvalue weighted by Crippen LogP contribution is -2.38. The molecule has 3 rings (SSSR count). The van der Waals surface area contributed by atoms with Crippen LogP contribution in [0.1, 0.15) is 24.4 Å². The van der Waals surface area contributed by atoms with Crippen molar-refractivity contribution < 1.29 is 4.74 Å². The van der Waals surface area contributed by atoms with E-state index in [4.69, 9.17) is 4.74 Å². The topological polar surface area (TPSA) is 51.1 Å². The number of aryl methyl sites for hydroxylation is 2. The van der Waals surface area contributed by atoms with Crippen molar-refractivity contribution in [3.8, 4) is 5.88 Å². The van der Waals surface area contributed by atoms with Crippen LogP contribution in [0.3, 0.4) is 0 Å². The van der Waals surface area contributed by atoms with Gasteiger partial charge in [0.05, 0.1) is 6.61 Å². The van der Waals surface area contributed by atoms with Crippen LogP contribution < -0.4 is 9.64 Å². The van der Waals surface area contributed by atoms with Crippen molar-refractivity contribution in [3.63, 3.8) is 0 Å². The smallest absolute Gasteiger partial charge is 0.213 e. The van der Waals surface area contributed by atoms with Crippen molar-refractivity contribution in [2.45, 2.75) is 26.7 Å². The van der Waals surface area contributed by atoms with Gasteiger partial charge in [0, 0.05) is 37.0 Å². The van der Waals surface area contributed by atoms with Gasteiger partial charge in [-0.1, -0.05) is 6.07 Å². The van der Waals surface area contributed by atoms with E-state index in [1.807, 2.05) is 44.3 Å². The van der Waals surface area contributed by atoms with Gasteiger partial charge in [-0.3, -0.25) is 0 Å². The Morgan fingerprint density at radius 3 is 2.95 bits per heavy atom. The summed E-state index contributed by atoms with van der Waals surface area (Å²) < 4.78 is 5.86. The van der Waals surface area contributed by atoms with Gasteiger partial charge in [-0.15, -0.1) is 0 Å². The molecule has 1 aliphatic rings. The zero-order valence-electron chi connectivity index (χ0n) is 13.2. The minimum atomic E-state index is 0.506. The minimum Gasteiger partial charge on any atom is -0.477 e. The molecule has 0 radical (unpaired) electrons. The maximum Gasteiger partial charge on any atom is 0.213 e. The molecule has 0 saturated carbocycles. The number of hydrogen-bond donors (Lipinski definition) is 0. The quantitative estimate of drug-likeness (QED) is 0.868. The Labute approximate surface area is 131 Å². The summed E-state index contributed by atoms with van der Waals surface area (Å²) in [5.74, 6) is 3.06. The van der Waals surface area contributed by atoms with Crippen LogP contribution in [0, 0.1) is 19.8 Å². The van der Waals surface area contributed by atoms with Gasteiger partial charge in [-0.25, -0.2) is 15.0 Å². The highest BCUT2D eigenvalue weighted by Crippen LogP contribution is 2.22. The van der Waals surface area contributed by atoms with Crippen LogP contribution in [0.25, 0.3) is 0 Å². The molecule has 2 aromatic heterocycles. The molecule has 0 amide bonds. The molecule has 1 saturated heterocycles. The van der Waals surface area contributed by atoms with Gasteiger partial charge >= 0.3 is 0 Å². The molecule has 0 N–H and O–H groups in total. The van der Waals surface area contributed by atoms with Gasteiger partial charge < -0.3 is 9.64 Å². The van der Waals surface area contributed by atoms with Crippen LogP contribution in [0.15, 0.2) is 30.5 Å². The highest BCUT2D eigenvalue weighted by molar-refractivity contribution is 5.37. The van der Waals surface area contributed by atoms with Crippen LogP contribution in [0.4, 0.5) is 5.82 Å². The number of anilines is 1. The molecule has 1 fully saturated rings. The van der Waals surface area contributed by atoms with Gasteiger partial charge in [0.15, 0.2) is 0 Å². The average molecular weight is 298 g/mol. The van der Waals surface area contributed by atoms with Crippen LogP contribution in [0.2, 0.25) is 0 Å². The first-order chi connectivity index (χ1) is 10.7. The standard InChI is InChI=1S/C17H22N4O/c1-13-5-3-7-17(19-13)22-12-15-6-4-10-21(11-15)16-8-9-18-14(2)20-16/h3,5,7-9,15H,4,6,10-12H2,1-2H3. The maximum absolute atomic E-state index is 5.86. The summed E-state index contributed by atoms with van der Waals surface area (Å²) in [5, 5.41) is 0. The summed E-state index contributed by atoms with van der Waals surface area (Å²) >= 11 is 0. The SMILES string of the molecule is Cc1cccc(OCC2CCCN(c3ccnc(C)n3)C2)n1. The largest absolute Gasteiger partial charge is 0.477 e. The molecule has 1 aliphatic heterocycles. The molecule has 0 bridgehead atoms. The van der Waals surface area contributed by atoms with E-state index in [0.717, 1.165) is 36.3 Å². The second kappa shape index (κ2) is 6.73. The number of piperidine rings is 1. The fraction of sp³-hybridized carbons (Fsp3) is 0.471. The van der Waals surface area contributed by atoms with E-state index in [0.29, 0.717) is 12.5 Å². The Morgan fingerprint density at radius 1 is 1.23 bits per heavy atom. The molecule has 22 heavy (non-hydrogen) atoms. The number of hydrogen-bond acceptors (Lipinski definition) is 5. The minimum absolute atomic E-state index is 0.506. The maximum atomic E-state index is 5.86. The van der Waals surface area contributed by atoms with Crippen LogP contribution in [0.5, 0.6) is 5.88 Å². The van der Waals surface area contributed by atoms with Crippen LogP contribution >= 0.6 is 0 Å². The fourth-order valence-electron chi connectivity index (χ4n) is 2.83. The first kappa shape index (κ1) is 14.8. The predicted molar refractivity (Wildman–Crippen MR) is 86.2 cm³/mol. The lowest BCUT2D eigenvalue weighted by Gasteiger charge is -2.33. The second-order valence-corrected chi connectivity index (χ2v) is 5.84. The Balaban J connectivity index is 1.59. The Hall–Kier alpha value is -2.17. The third-order valence-corrected chi connectivity index (χ3v) is 3.93. The number of aromatic nitrogens is 3. The van der Waals surface area contributed by atoms with Gasteiger partial charge in [-0.05, 0) is 38.8 Å². The highest BCUT2D eigenvalue weighted by Gasteiger charge is 2.21. The molecule has 5 nitrogen and oxygen atoms in total. The van der Waals surface area contributed by atoms with E-state index in [-0.39, 0.29) is 0 Å². The second-order valence-electron chi connectivity index (χ2n) is 5.84. The van der Waals surface area contributed by atoms with Crippen molar-refractivity contribution in [1.82, 2.24) is 15.0 Å². The number of rotatable bonds is 4. The van der Waals surface area contributed by atoms with Crippen molar-refractivity contribution in [2.24, 2.45) is 5.92 Å². The molecule has 5 heteroatoms. The normalized spacial score (nSPS) is 18.3. The lowest BCUT2D eigenvalue weighted by atomic mass is 9.99. The molecule has 116 valence electrons. The zero-order chi connectivity index (χ0) is 15.4. The van der Waals surface area contributed by atoms with E-state index >= 15 is 0 Å². The third kappa shape index (κ3) is 3.72. The van der Waals surface area contributed by atoms with Gasteiger partial charge in [0.2, 0.25) is 5.88 Å². The molecular weight excluding hydrogens is 276 g/mol. The molecular formula is C17H22N4O. The Morgan fingerprint density at radius 2 is 2.14 bits per heavy atom. The van der Waals surface area contributed by atoms with Gasteiger partial charge in [-0.2, -0.15) is 0 Å². The first-order valence-electron chi connectivity index (χ1n) is 7.82. The van der Waals surface area contributed by atoms with Crippen molar-refractivity contribution in [3.05, 3.63) is 42.0 Å². The highest BCUT2D eigenvalue weighted by atomic mass is 16.5. The Kier molecular flexibility index (Phi) is 4.51. The van der Waals surface area contributed by atoms with E-state index in [9.17, 15) is 0 Å². The number of ether oxygens (including phenoxy) is 1. The lowest BCUT2D eigenvalue weighted by molar-refractivity contribution is 0.221. The first-order valence-corrected chi connectivity index (χ1v) is 7.82. The van der Waals surface area contributed by atoms with Gasteiger partial charge in [0.25, 0.3) is 0 Å². The number of pyridine rings is 1. The molecule has 0 spiro atoms. The van der Waals surface area contributed by atoms with Crippen molar-refractivity contribution in [2.75, 3.05) is 24.6 Å². The summed E-state index contributed by atoms with van der Waals surface area (Å²) in [6.45, 7) is 6.64. The molecule has 3 heterocycles. The summed E-state index contributed by atoms with van der Waals surface area (Å²) in [6.07, 6.45) is 4.18. The average Bonchev–Trinajstić information content (AvgIpc) is 2.53. The summed E-state index contributed by atoms with van der Waals surface area (Å²) in [6, 6.07) is 7.86. The molecule has 0 aliphatic carbocycles. The van der Waals surface area contributed by atoms with Crippen LogP contribution in [-0.4, -0.2) is 34.6 Å². The molecule has 2 aromatic rings. The zero-order valence-corrected chi connectivity index (χ0v) is 13.2. The summed E-state index contributed by atoms with van der Waals surface area (Å²) in [7, 11) is 0. The summed E-state index contributed by atoms with van der Waals surface area (Å²) in [5.41, 5.74) is 0.985.